The number of imide groups is 5. The quantitative estimate of drug-likeness (QED) is 0.0257. The molecule has 5 aliphatic heterocycles. The number of fused-ring (bicyclic) bond motifs is 5. The summed E-state index contributed by atoms with van der Waals surface area (Å²) in [5, 5.41) is 14.4. The van der Waals surface area contributed by atoms with E-state index in [2.05, 4.69) is 38.1 Å². The maximum absolute atomic E-state index is 12.1. The molecule has 2 aromatic heterocycles. The predicted octanol–water partition coefficient (Wildman–Crippen LogP) is 7.86. The van der Waals surface area contributed by atoms with Crippen LogP contribution in [0.15, 0.2) is 134 Å². The first kappa shape index (κ1) is 83.1. The number of aliphatic hydroxyl groups is 1. The number of carbonyl (C=O) groups excluding carboxylic acids is 12. The van der Waals surface area contributed by atoms with E-state index in [1.165, 1.54) is 30.9 Å². The number of nitrogen functional groups attached to an aromatic ring is 2. The number of unbranched alkanes of at least 4 members (excludes halogenated alkanes) is 2. The number of thiazole rings is 2. The van der Waals surface area contributed by atoms with Gasteiger partial charge in [-0.25, -0.2) is 9.97 Å². The normalized spacial score (nSPS) is 13.4. The van der Waals surface area contributed by atoms with Crippen LogP contribution < -0.4 is 62.9 Å². The zero-order valence-corrected chi connectivity index (χ0v) is 63.3. The Kier molecular flexibility index (Phi) is 36.7. The summed E-state index contributed by atoms with van der Waals surface area (Å²) in [6.07, 6.45) is 10.3. The molecule has 0 aliphatic carbocycles. The molecule has 0 saturated carbocycles. The number of hydrogen-bond acceptors (Lipinski definition) is 19. The van der Waals surface area contributed by atoms with E-state index in [-0.39, 0.29) is 185 Å². The van der Waals surface area contributed by atoms with Crippen molar-refractivity contribution < 1.29 is 114 Å². The van der Waals surface area contributed by atoms with Crippen molar-refractivity contribution in [2.45, 2.75) is 63.1 Å². The van der Waals surface area contributed by atoms with Crippen LogP contribution in [0.3, 0.4) is 0 Å². The van der Waals surface area contributed by atoms with Gasteiger partial charge in [0.1, 0.15) is 17.6 Å². The molecule has 7 heterocycles. The van der Waals surface area contributed by atoms with Gasteiger partial charge >= 0.3 is 51.4 Å². The Morgan fingerprint density at radius 1 is 0.495 bits per heavy atom. The fraction of sp³-hybridized carbons (Fsp3) is 0.238. The van der Waals surface area contributed by atoms with E-state index in [0.717, 1.165) is 40.3 Å². The van der Waals surface area contributed by atoms with Gasteiger partial charge in [0.25, 0.3) is 47.3 Å². The molecule has 7 aromatic rings. The molecule has 5 N–H and O–H groups in total. The monoisotopic (exact) mass is 1650 g/mol. The van der Waals surface area contributed by atoms with Crippen molar-refractivity contribution in [1.82, 2.24) is 29.6 Å². The number of aliphatic hydroxyl groups excluding tert-OH is 1. The summed E-state index contributed by atoms with van der Waals surface area (Å²) in [6.45, 7) is 3.52. The minimum absolute atomic E-state index is 0. The Morgan fingerprint density at radius 2 is 0.849 bits per heavy atom. The Morgan fingerprint density at radius 3 is 1.16 bits per heavy atom. The molecule has 5 aliphatic rings. The third-order valence-corrected chi connectivity index (χ3v) is 16.0. The number of nitrogens with two attached hydrogens (primary N) is 2. The number of aromatic nitrogens is 2. The number of benzene rings is 5. The molecule has 0 bridgehead atoms. The van der Waals surface area contributed by atoms with E-state index in [1.54, 1.807) is 145 Å². The number of halogens is 5. The van der Waals surface area contributed by atoms with Crippen molar-refractivity contribution in [2.24, 2.45) is 0 Å². The summed E-state index contributed by atoms with van der Waals surface area (Å²) in [5.74, 6) is -2.82. The summed E-state index contributed by atoms with van der Waals surface area (Å²) >= 11 is 6.10. The van der Waals surface area contributed by atoms with Gasteiger partial charge in [0.2, 0.25) is 0 Å². The molecule has 486 valence electrons. The minimum atomic E-state index is -0.425. The van der Waals surface area contributed by atoms with Crippen LogP contribution >= 0.6 is 107 Å². The molecule has 1 atom stereocenters. The van der Waals surface area contributed by atoms with Crippen LogP contribution in [0.25, 0.3) is 5.32 Å². The van der Waals surface area contributed by atoms with Crippen LogP contribution in [-0.2, 0) is 22.4 Å². The number of amides is 10. The maximum Gasteiger partial charge on any atom is 1.00 e. The molecular formula is C63H63Br5KN9O13S2. The first-order chi connectivity index (χ1) is 42.4. The minimum Gasteiger partial charge on any atom is -0.587 e. The van der Waals surface area contributed by atoms with Crippen molar-refractivity contribution in [2.75, 3.05) is 44.3 Å². The second-order valence-corrected chi connectivity index (χ2v) is 23.0. The van der Waals surface area contributed by atoms with Gasteiger partial charge in [-0.15, -0.1) is 90.6 Å². The average molecular weight is 1660 g/mol. The molecule has 30 heteroatoms. The van der Waals surface area contributed by atoms with Gasteiger partial charge in [0.05, 0.1) is 72.4 Å². The van der Waals surface area contributed by atoms with E-state index in [4.69, 9.17) is 16.6 Å². The van der Waals surface area contributed by atoms with Gasteiger partial charge in [0, 0.05) is 67.8 Å². The first-order valence-electron chi connectivity index (χ1n) is 27.7. The molecule has 12 rings (SSSR count). The van der Waals surface area contributed by atoms with Gasteiger partial charge in [-0.1, -0.05) is 95.7 Å². The van der Waals surface area contributed by atoms with Gasteiger partial charge in [0.15, 0.2) is 5.13 Å². The third-order valence-electron chi connectivity index (χ3n) is 13.6. The van der Waals surface area contributed by atoms with E-state index >= 15 is 0 Å². The zero-order chi connectivity index (χ0) is 63.4. The van der Waals surface area contributed by atoms with Crippen molar-refractivity contribution in [3.05, 3.63) is 205 Å². The van der Waals surface area contributed by atoms with E-state index in [1.807, 2.05) is 0 Å². The molecule has 5 aromatic carbocycles. The number of hydrogen-bond donors (Lipinski definition) is 3. The standard InChI is InChI=1S/C13H11N3O2S.C12H10BrNO3.C12H13NO3.C12H11NO3.C8H5NO2.C6H10N2S.4BrH.K/c14-13-15-7-8(19-13)5-6-16-11(17)9-3-1-2-4-10(9)12(16)18;13-8(7-15)5-6-14-11(16)9-3-1-2-4-10(9)12(14)17;2*14-8-4-3-7-13-11(15)9-5-1-2-6-10(9)12(13)16;10-7-5-3-1-2-4-6(5)8(11)9-7;1-2-3-6-8-4-5(7)9-6;;;;;/h1-4,7H,5-6H2,(H2,14,15);1-4,7-8H,5-6H2;1-2,5-6,14H,3-4,7-8H2;1-2,5-6,8H,3-4,7H2;1-4H,(H,9,10,11);4H,2-3,7H2,1H3;4*1H;/q;;;;;;;;;;+1/p-1. The molecule has 0 spiro atoms. The second-order valence-electron chi connectivity index (χ2n) is 19.5. The molecule has 0 radical (unpaired) electrons. The van der Waals surface area contributed by atoms with Crippen LogP contribution in [0.1, 0.15) is 159 Å². The fourth-order valence-electron chi connectivity index (χ4n) is 9.19. The van der Waals surface area contributed by atoms with Crippen LogP contribution in [0, 0.1) is 0 Å². The number of nitrogens with zero attached hydrogens (tertiary/aromatic N) is 7. The molecular weight excluding hydrogens is 1590 g/mol. The summed E-state index contributed by atoms with van der Waals surface area (Å²) in [4.78, 5) is 151. The van der Waals surface area contributed by atoms with E-state index in [9.17, 15) is 57.5 Å². The number of aryl methyl sites for hydroxylation is 1. The van der Waals surface area contributed by atoms with Crippen molar-refractivity contribution in [1.29, 1.82) is 0 Å². The van der Waals surface area contributed by atoms with Crippen molar-refractivity contribution in [3.63, 3.8) is 0 Å². The van der Waals surface area contributed by atoms with E-state index < -0.39 is 11.8 Å². The number of anilines is 2. The molecule has 93 heavy (non-hydrogen) atoms. The molecule has 0 fully saturated rings. The second kappa shape index (κ2) is 41.1. The van der Waals surface area contributed by atoms with E-state index in [0.29, 0.717) is 119 Å². The summed E-state index contributed by atoms with van der Waals surface area (Å²) in [5.41, 5.74) is 15.6. The maximum atomic E-state index is 12.1. The summed E-state index contributed by atoms with van der Waals surface area (Å²) < 4.78 is 0. The number of alkyl halides is 1. The van der Waals surface area contributed by atoms with Crippen LogP contribution in [-0.4, -0.2) is 144 Å². The first-order valence-corrected chi connectivity index (χ1v) is 30.2. The Hall–Kier alpha value is -6.00. The smallest absolute Gasteiger partial charge is 0.587 e. The van der Waals surface area contributed by atoms with Gasteiger partial charge < -0.3 is 41.1 Å². The zero-order valence-electron chi connectivity index (χ0n) is 50.1. The third kappa shape index (κ3) is 21.5. The Labute approximate surface area is 636 Å². The van der Waals surface area contributed by atoms with Gasteiger partial charge in [-0.3, -0.25) is 58.0 Å². The van der Waals surface area contributed by atoms with Gasteiger partial charge in [-0.05, 0) is 87.1 Å². The largest absolute Gasteiger partial charge is 1.00 e. The molecule has 0 saturated heterocycles. The molecule has 22 nitrogen and oxygen atoms in total. The van der Waals surface area contributed by atoms with Gasteiger partial charge in [-0.2, -0.15) is 0 Å². The van der Waals surface area contributed by atoms with Crippen LogP contribution in [0.2, 0.25) is 0 Å². The number of carbonyl (C=O) groups is 12. The Bertz CT molecular complexity index is 3650. The topological polar surface area (TPSA) is 330 Å². The summed E-state index contributed by atoms with van der Waals surface area (Å²) in [6, 6.07) is 33.9. The fourth-order valence-corrected chi connectivity index (χ4v) is 10.9. The average Bonchev–Trinajstić information content (AvgIpc) is 1.68. The predicted molar refractivity (Wildman–Crippen MR) is 373 cm³/mol. The number of rotatable bonds is 17. The summed E-state index contributed by atoms with van der Waals surface area (Å²) in [7, 11) is 0. The Balaban J connectivity index is 0.000000381. The number of aldehydes is 2. The van der Waals surface area contributed by atoms with Crippen molar-refractivity contribution in [3.8, 4) is 0 Å². The molecule has 10 amide bonds. The van der Waals surface area contributed by atoms with Crippen LogP contribution in [0.4, 0.5) is 10.1 Å². The van der Waals surface area contributed by atoms with Crippen molar-refractivity contribution >= 4 is 188 Å². The molecule has 1 unspecified atom stereocenters. The van der Waals surface area contributed by atoms with Crippen LogP contribution in [0.5, 0.6) is 0 Å². The SMILES string of the molecule is Br.Br.Br.Br.CCCc1ncc(N)s1.Nc1ncc(CCN2C(=O)c3ccccc3C2=O)s1.O=C1[N-]C(=O)c2ccccc21.O=C1c2ccccc2C(=O)N1CCCCO.O=CC(Br)CCN1C(=O)c2ccccc2C1=O.O=CCCCN1C(=O)c2ccccc2C1=O.[K+].